The first kappa shape index (κ1) is 11.7. The molecule has 1 unspecified atom stereocenters. The Labute approximate surface area is 93.0 Å². The van der Waals surface area contributed by atoms with Crippen molar-refractivity contribution >= 4 is 15.9 Å². The molecule has 78 valence electrons. The van der Waals surface area contributed by atoms with E-state index in [1.165, 1.54) is 5.56 Å². The number of benzene rings is 1. The van der Waals surface area contributed by atoms with Gasteiger partial charge >= 0.3 is 0 Å². The van der Waals surface area contributed by atoms with Crippen molar-refractivity contribution in [3.63, 3.8) is 0 Å². The normalized spacial score (nSPS) is 12.8. The van der Waals surface area contributed by atoms with E-state index in [9.17, 15) is 0 Å². The van der Waals surface area contributed by atoms with Crippen LogP contribution in [0.3, 0.4) is 0 Å². The van der Waals surface area contributed by atoms with Crippen molar-refractivity contribution in [3.8, 4) is 0 Å². The predicted octanol–water partition coefficient (Wildman–Crippen LogP) is 0.825. The molecule has 0 saturated heterocycles. The molecule has 0 heterocycles. The lowest BCUT2D eigenvalue weighted by atomic mass is 10.2. The van der Waals surface area contributed by atoms with Gasteiger partial charge < -0.3 is 16.8 Å². The minimum Gasteiger partial charge on any atom is -0.329 e. The minimum atomic E-state index is 0.0393. The molecule has 1 atom stereocenters. The first-order valence-corrected chi connectivity index (χ1v) is 5.43. The van der Waals surface area contributed by atoms with Crippen LogP contribution >= 0.6 is 15.9 Å². The molecule has 0 aliphatic heterocycles. The Bertz CT molecular complexity index is 278. The van der Waals surface area contributed by atoms with Gasteiger partial charge in [-0.1, -0.05) is 34.1 Å². The lowest BCUT2D eigenvalue weighted by molar-refractivity contribution is 0.581. The molecule has 5 N–H and O–H groups in total. The van der Waals surface area contributed by atoms with Crippen molar-refractivity contribution in [3.05, 3.63) is 34.3 Å². The van der Waals surface area contributed by atoms with Crippen molar-refractivity contribution in [1.29, 1.82) is 0 Å². The van der Waals surface area contributed by atoms with Crippen LogP contribution in [-0.4, -0.2) is 19.1 Å². The highest BCUT2D eigenvalue weighted by atomic mass is 79.9. The maximum Gasteiger partial charge on any atom is 0.0290 e. The van der Waals surface area contributed by atoms with Gasteiger partial charge in [0, 0.05) is 30.1 Å². The molecule has 4 heteroatoms. The van der Waals surface area contributed by atoms with Gasteiger partial charge in [0.25, 0.3) is 0 Å². The number of halogens is 1. The van der Waals surface area contributed by atoms with Crippen LogP contribution in [0.1, 0.15) is 5.56 Å². The smallest absolute Gasteiger partial charge is 0.0290 e. The van der Waals surface area contributed by atoms with Gasteiger partial charge in [-0.05, 0) is 11.6 Å². The van der Waals surface area contributed by atoms with Crippen LogP contribution in [-0.2, 0) is 6.54 Å². The summed E-state index contributed by atoms with van der Waals surface area (Å²) in [6.07, 6.45) is 0. The average molecular weight is 258 g/mol. The number of nitrogens with two attached hydrogens (primary N) is 2. The van der Waals surface area contributed by atoms with Crippen molar-refractivity contribution < 1.29 is 0 Å². The van der Waals surface area contributed by atoms with E-state index in [1.54, 1.807) is 0 Å². The highest BCUT2D eigenvalue weighted by Crippen LogP contribution is 2.14. The first-order valence-electron chi connectivity index (χ1n) is 4.64. The fourth-order valence-corrected chi connectivity index (χ4v) is 1.54. The van der Waals surface area contributed by atoms with Gasteiger partial charge in [0.2, 0.25) is 0 Å². The molecule has 0 aliphatic rings. The Kier molecular flexibility index (Phi) is 5.11. The molecule has 0 radical (unpaired) electrons. The summed E-state index contributed by atoms with van der Waals surface area (Å²) in [4.78, 5) is 0. The summed E-state index contributed by atoms with van der Waals surface area (Å²) in [5, 5.41) is 3.26. The second-order valence-corrected chi connectivity index (χ2v) is 4.07. The molecule has 1 rings (SSSR count). The fraction of sp³-hybridized carbons (Fsp3) is 0.400. The second-order valence-electron chi connectivity index (χ2n) is 3.22. The van der Waals surface area contributed by atoms with Crippen LogP contribution in [0.25, 0.3) is 0 Å². The summed E-state index contributed by atoms with van der Waals surface area (Å²) < 4.78 is 1.12. The third kappa shape index (κ3) is 3.75. The molecule has 0 aliphatic carbocycles. The summed E-state index contributed by atoms with van der Waals surface area (Å²) in [5.74, 6) is 0. The van der Waals surface area contributed by atoms with Gasteiger partial charge in [-0.15, -0.1) is 0 Å². The SMILES string of the molecule is NCC(N)CNCc1ccccc1Br. The molecule has 0 bridgehead atoms. The number of hydrogen-bond donors (Lipinski definition) is 3. The van der Waals surface area contributed by atoms with Crippen LogP contribution < -0.4 is 16.8 Å². The van der Waals surface area contributed by atoms with E-state index in [2.05, 4.69) is 27.3 Å². The van der Waals surface area contributed by atoms with Gasteiger partial charge in [0.1, 0.15) is 0 Å². The monoisotopic (exact) mass is 257 g/mol. The molecule has 1 aromatic rings. The molecule has 0 aromatic heterocycles. The Morgan fingerprint density at radius 3 is 2.71 bits per heavy atom. The molecule has 1 aromatic carbocycles. The number of hydrogen-bond acceptors (Lipinski definition) is 3. The zero-order valence-corrected chi connectivity index (χ0v) is 9.63. The average Bonchev–Trinajstić information content (AvgIpc) is 2.20. The van der Waals surface area contributed by atoms with Crippen molar-refractivity contribution in [2.24, 2.45) is 11.5 Å². The van der Waals surface area contributed by atoms with Crippen molar-refractivity contribution in [1.82, 2.24) is 5.32 Å². The lowest BCUT2D eigenvalue weighted by Gasteiger charge is -2.10. The van der Waals surface area contributed by atoms with Gasteiger partial charge in [-0.25, -0.2) is 0 Å². The summed E-state index contributed by atoms with van der Waals surface area (Å²) >= 11 is 3.48. The third-order valence-electron chi connectivity index (χ3n) is 1.98. The van der Waals surface area contributed by atoms with E-state index in [4.69, 9.17) is 11.5 Å². The van der Waals surface area contributed by atoms with Crippen molar-refractivity contribution in [2.45, 2.75) is 12.6 Å². The van der Waals surface area contributed by atoms with Crippen LogP contribution in [0.4, 0.5) is 0 Å². The fourth-order valence-electron chi connectivity index (χ4n) is 1.12. The first-order chi connectivity index (χ1) is 6.74. The maximum absolute atomic E-state index is 5.68. The topological polar surface area (TPSA) is 64.1 Å². The van der Waals surface area contributed by atoms with E-state index >= 15 is 0 Å². The van der Waals surface area contributed by atoms with Gasteiger partial charge in [0.05, 0.1) is 0 Å². The van der Waals surface area contributed by atoms with Crippen LogP contribution in [0.5, 0.6) is 0 Å². The lowest BCUT2D eigenvalue weighted by Crippen LogP contribution is -2.39. The minimum absolute atomic E-state index is 0.0393. The molecule has 3 nitrogen and oxygen atoms in total. The molecule has 0 fully saturated rings. The largest absolute Gasteiger partial charge is 0.329 e. The maximum atomic E-state index is 5.68. The van der Waals surface area contributed by atoms with Gasteiger partial charge in [-0.3, -0.25) is 0 Å². The third-order valence-corrected chi connectivity index (χ3v) is 2.76. The van der Waals surface area contributed by atoms with E-state index in [0.29, 0.717) is 6.54 Å². The van der Waals surface area contributed by atoms with Crippen LogP contribution in [0.2, 0.25) is 0 Å². The van der Waals surface area contributed by atoms with Crippen LogP contribution in [0, 0.1) is 0 Å². The molecule has 14 heavy (non-hydrogen) atoms. The Hall–Kier alpha value is -0.420. The highest BCUT2D eigenvalue weighted by Gasteiger charge is 2.00. The Morgan fingerprint density at radius 1 is 1.36 bits per heavy atom. The van der Waals surface area contributed by atoms with Gasteiger partial charge in [-0.2, -0.15) is 0 Å². The number of nitrogens with one attached hydrogen (secondary N) is 1. The molecule has 0 saturated carbocycles. The predicted molar refractivity (Wildman–Crippen MR) is 62.9 cm³/mol. The van der Waals surface area contributed by atoms with Crippen LogP contribution in [0.15, 0.2) is 28.7 Å². The van der Waals surface area contributed by atoms with Crippen molar-refractivity contribution in [2.75, 3.05) is 13.1 Å². The van der Waals surface area contributed by atoms with E-state index in [0.717, 1.165) is 17.6 Å². The molecular formula is C10H16BrN3. The molecular weight excluding hydrogens is 242 g/mol. The summed E-state index contributed by atoms with van der Waals surface area (Å²) in [6, 6.07) is 8.16. The van der Waals surface area contributed by atoms with E-state index in [1.807, 2.05) is 18.2 Å². The standard InChI is InChI=1S/C10H16BrN3/c11-10-4-2-1-3-8(10)6-14-7-9(13)5-12/h1-4,9,14H,5-7,12-13H2. The summed E-state index contributed by atoms with van der Waals surface area (Å²) in [6.45, 7) is 2.08. The second kappa shape index (κ2) is 6.14. The zero-order valence-electron chi connectivity index (χ0n) is 8.04. The summed E-state index contributed by atoms with van der Waals surface area (Å²) in [7, 11) is 0. The molecule has 0 amide bonds. The quantitative estimate of drug-likeness (QED) is 0.732. The van der Waals surface area contributed by atoms with E-state index < -0.39 is 0 Å². The number of rotatable bonds is 5. The molecule has 0 spiro atoms. The zero-order chi connectivity index (χ0) is 10.4. The summed E-state index contributed by atoms with van der Waals surface area (Å²) in [5.41, 5.74) is 12.3. The van der Waals surface area contributed by atoms with Gasteiger partial charge in [0.15, 0.2) is 0 Å². The Balaban J connectivity index is 2.35. The highest BCUT2D eigenvalue weighted by molar-refractivity contribution is 9.10. The Morgan fingerprint density at radius 2 is 2.07 bits per heavy atom. The van der Waals surface area contributed by atoms with E-state index in [-0.39, 0.29) is 6.04 Å².